The van der Waals surface area contributed by atoms with Gasteiger partial charge in [-0.2, -0.15) is 4.31 Å². The molecular formula is C11H13BrN2O5S. The topological polar surface area (TPSA) is 118 Å². The molecule has 0 aliphatic rings. The highest BCUT2D eigenvalue weighted by molar-refractivity contribution is 9.10. The standard InChI is InChI=1S/C11H13BrN2O5S/c1-2-14(6-10(13)15)20(18,19)9-4-3-7(11(16)17)5-8(9)12/h3-5H,2,6H2,1H3,(H2,13,15)(H,16,17). The van der Waals surface area contributed by atoms with Crippen molar-refractivity contribution in [3.05, 3.63) is 28.2 Å². The molecule has 0 radical (unpaired) electrons. The van der Waals surface area contributed by atoms with Crippen LogP contribution in [0.3, 0.4) is 0 Å². The van der Waals surface area contributed by atoms with Gasteiger partial charge in [0.25, 0.3) is 0 Å². The molecule has 110 valence electrons. The number of nitrogens with two attached hydrogens (primary N) is 1. The molecule has 1 amide bonds. The van der Waals surface area contributed by atoms with Gasteiger partial charge >= 0.3 is 5.97 Å². The zero-order valence-corrected chi connectivity index (χ0v) is 12.9. The highest BCUT2D eigenvalue weighted by Crippen LogP contribution is 2.26. The van der Waals surface area contributed by atoms with E-state index in [1.165, 1.54) is 18.2 Å². The van der Waals surface area contributed by atoms with E-state index in [1.54, 1.807) is 6.92 Å². The Labute approximate surface area is 124 Å². The lowest BCUT2D eigenvalue weighted by molar-refractivity contribution is -0.118. The summed E-state index contributed by atoms with van der Waals surface area (Å²) in [4.78, 5) is 21.6. The van der Waals surface area contributed by atoms with Crippen LogP contribution in [0.1, 0.15) is 17.3 Å². The maximum Gasteiger partial charge on any atom is 0.335 e. The van der Waals surface area contributed by atoms with Gasteiger partial charge in [-0.05, 0) is 34.1 Å². The molecule has 0 spiro atoms. The smallest absolute Gasteiger partial charge is 0.335 e. The number of carbonyl (C=O) groups excluding carboxylic acids is 1. The maximum atomic E-state index is 12.3. The Morgan fingerprint density at radius 1 is 1.40 bits per heavy atom. The molecule has 0 aliphatic heterocycles. The number of likely N-dealkylation sites (N-methyl/N-ethyl adjacent to an activating group) is 1. The molecule has 0 bridgehead atoms. The number of nitrogens with zero attached hydrogens (tertiary/aromatic N) is 1. The molecule has 0 saturated carbocycles. The number of rotatable bonds is 6. The van der Waals surface area contributed by atoms with E-state index >= 15 is 0 Å². The Balaban J connectivity index is 3.27. The van der Waals surface area contributed by atoms with Crippen LogP contribution in [0.4, 0.5) is 0 Å². The van der Waals surface area contributed by atoms with Crippen molar-refractivity contribution in [2.75, 3.05) is 13.1 Å². The summed E-state index contributed by atoms with van der Waals surface area (Å²) in [7, 11) is -3.93. The molecule has 0 saturated heterocycles. The Morgan fingerprint density at radius 2 is 2.00 bits per heavy atom. The van der Waals surface area contributed by atoms with Gasteiger partial charge in [-0.1, -0.05) is 6.92 Å². The van der Waals surface area contributed by atoms with Gasteiger partial charge < -0.3 is 10.8 Å². The summed E-state index contributed by atoms with van der Waals surface area (Å²) in [5.41, 5.74) is 4.96. The molecule has 1 aromatic rings. The van der Waals surface area contributed by atoms with Crippen molar-refractivity contribution >= 4 is 37.8 Å². The summed E-state index contributed by atoms with van der Waals surface area (Å²) in [5, 5.41) is 8.84. The first-order valence-electron chi connectivity index (χ1n) is 5.51. The van der Waals surface area contributed by atoms with E-state index < -0.39 is 28.4 Å². The number of carboxylic acid groups (broad SMARTS) is 1. The molecule has 1 aromatic carbocycles. The number of primary amides is 1. The van der Waals surface area contributed by atoms with Crippen LogP contribution >= 0.6 is 15.9 Å². The first-order chi connectivity index (χ1) is 9.20. The minimum atomic E-state index is -3.93. The second-order valence-electron chi connectivity index (χ2n) is 3.85. The lowest BCUT2D eigenvalue weighted by atomic mass is 10.2. The highest BCUT2D eigenvalue weighted by atomic mass is 79.9. The Hall–Kier alpha value is -1.45. The molecule has 9 heteroatoms. The van der Waals surface area contributed by atoms with Gasteiger partial charge in [-0.3, -0.25) is 4.79 Å². The Bertz CT molecular complexity index is 644. The number of hydrogen-bond acceptors (Lipinski definition) is 4. The van der Waals surface area contributed by atoms with E-state index in [2.05, 4.69) is 15.9 Å². The normalized spacial score (nSPS) is 11.6. The van der Waals surface area contributed by atoms with Crippen LogP contribution in [0.15, 0.2) is 27.6 Å². The average molecular weight is 365 g/mol. The number of hydrogen-bond donors (Lipinski definition) is 2. The summed E-state index contributed by atoms with van der Waals surface area (Å²) in [6, 6.07) is 3.54. The van der Waals surface area contributed by atoms with E-state index in [-0.39, 0.29) is 21.5 Å². The van der Waals surface area contributed by atoms with Crippen molar-refractivity contribution < 1.29 is 23.1 Å². The third kappa shape index (κ3) is 3.56. The van der Waals surface area contributed by atoms with E-state index in [4.69, 9.17) is 10.8 Å². The maximum absolute atomic E-state index is 12.3. The van der Waals surface area contributed by atoms with Crippen LogP contribution < -0.4 is 5.73 Å². The number of aromatic carboxylic acids is 1. The van der Waals surface area contributed by atoms with Gasteiger partial charge in [0.1, 0.15) is 0 Å². The van der Waals surface area contributed by atoms with Crippen molar-refractivity contribution in [2.24, 2.45) is 5.73 Å². The molecule has 0 fully saturated rings. The van der Waals surface area contributed by atoms with Crippen LogP contribution in [0.5, 0.6) is 0 Å². The Kier molecular flexibility index (Phi) is 5.26. The van der Waals surface area contributed by atoms with Crippen LogP contribution in [0, 0.1) is 0 Å². The molecule has 0 heterocycles. The van der Waals surface area contributed by atoms with Crippen molar-refractivity contribution in [2.45, 2.75) is 11.8 Å². The molecule has 20 heavy (non-hydrogen) atoms. The fourth-order valence-corrected chi connectivity index (χ4v) is 3.98. The lowest BCUT2D eigenvalue weighted by Gasteiger charge is -2.19. The van der Waals surface area contributed by atoms with Crippen LogP contribution in [0.25, 0.3) is 0 Å². The quantitative estimate of drug-likeness (QED) is 0.767. The number of carboxylic acids is 1. The minimum absolute atomic E-state index is 0.0474. The minimum Gasteiger partial charge on any atom is -0.478 e. The van der Waals surface area contributed by atoms with Crippen LogP contribution in [-0.2, 0) is 14.8 Å². The lowest BCUT2D eigenvalue weighted by Crippen LogP contribution is -2.38. The van der Waals surface area contributed by atoms with Gasteiger partial charge in [-0.25, -0.2) is 13.2 Å². The SMILES string of the molecule is CCN(CC(N)=O)S(=O)(=O)c1ccc(C(=O)O)cc1Br. The first kappa shape index (κ1) is 16.6. The molecule has 1 rings (SSSR count). The van der Waals surface area contributed by atoms with E-state index in [9.17, 15) is 18.0 Å². The van der Waals surface area contributed by atoms with Crippen LogP contribution in [-0.4, -0.2) is 42.8 Å². The summed E-state index contributed by atoms with van der Waals surface area (Å²) in [6.07, 6.45) is 0. The predicted octanol–water partition coefficient (Wildman–Crippen LogP) is 0.643. The van der Waals surface area contributed by atoms with E-state index in [0.717, 1.165) is 4.31 Å². The van der Waals surface area contributed by atoms with Crippen molar-refractivity contribution in [1.29, 1.82) is 0 Å². The third-order valence-corrected chi connectivity index (χ3v) is 5.38. The number of sulfonamides is 1. The largest absolute Gasteiger partial charge is 0.478 e. The van der Waals surface area contributed by atoms with E-state index in [1.807, 2.05) is 0 Å². The van der Waals surface area contributed by atoms with Crippen molar-refractivity contribution in [3.8, 4) is 0 Å². The number of amides is 1. The van der Waals surface area contributed by atoms with Crippen LogP contribution in [0.2, 0.25) is 0 Å². The fourth-order valence-electron chi connectivity index (χ4n) is 1.52. The second kappa shape index (κ2) is 6.33. The van der Waals surface area contributed by atoms with Crippen molar-refractivity contribution in [1.82, 2.24) is 4.31 Å². The molecule has 0 atom stereocenters. The van der Waals surface area contributed by atoms with Gasteiger partial charge in [0.15, 0.2) is 0 Å². The molecular weight excluding hydrogens is 352 g/mol. The zero-order valence-electron chi connectivity index (χ0n) is 10.5. The summed E-state index contributed by atoms with van der Waals surface area (Å²) in [5.74, 6) is -1.94. The van der Waals surface area contributed by atoms with Gasteiger partial charge in [-0.15, -0.1) is 0 Å². The molecule has 0 aromatic heterocycles. The fraction of sp³-hybridized carbons (Fsp3) is 0.273. The molecule has 0 aliphatic carbocycles. The van der Waals surface area contributed by atoms with Gasteiger partial charge in [0.2, 0.25) is 15.9 Å². The molecule has 7 nitrogen and oxygen atoms in total. The van der Waals surface area contributed by atoms with E-state index in [0.29, 0.717) is 0 Å². The summed E-state index contributed by atoms with van der Waals surface area (Å²) < 4.78 is 25.7. The summed E-state index contributed by atoms with van der Waals surface area (Å²) in [6.45, 7) is 1.20. The van der Waals surface area contributed by atoms with Gasteiger partial charge in [0, 0.05) is 11.0 Å². The first-order valence-corrected chi connectivity index (χ1v) is 7.74. The zero-order chi connectivity index (χ0) is 15.5. The van der Waals surface area contributed by atoms with Gasteiger partial charge in [0.05, 0.1) is 17.0 Å². The molecule has 3 N–H and O–H groups in total. The molecule has 0 unspecified atom stereocenters. The average Bonchev–Trinajstić information content (AvgIpc) is 2.34. The number of halogens is 1. The number of carbonyl (C=O) groups is 2. The highest BCUT2D eigenvalue weighted by Gasteiger charge is 2.27. The second-order valence-corrected chi connectivity index (χ2v) is 6.61. The van der Waals surface area contributed by atoms with Crippen molar-refractivity contribution in [3.63, 3.8) is 0 Å². The number of benzene rings is 1. The summed E-state index contributed by atoms with van der Waals surface area (Å²) >= 11 is 3.03. The third-order valence-electron chi connectivity index (χ3n) is 2.48. The monoisotopic (exact) mass is 364 g/mol. The Morgan fingerprint density at radius 3 is 2.40 bits per heavy atom. The predicted molar refractivity (Wildman–Crippen MR) is 74.7 cm³/mol.